The standard InChI is InChI=1S/C17H33N3O/c1-3-9-18-14-12-15-6-5-7-16(13-14)20(15)11-8-17(21)19-10-4-2/h14-16,18H,3-13H2,1-2H3,(H,19,21). The molecule has 2 N–H and O–H groups in total. The second kappa shape index (κ2) is 8.74. The maximum Gasteiger partial charge on any atom is 0.221 e. The molecule has 1 amide bonds. The van der Waals surface area contributed by atoms with E-state index in [4.69, 9.17) is 0 Å². The molecule has 0 saturated carbocycles. The topological polar surface area (TPSA) is 44.4 Å². The third-order valence-electron chi connectivity index (χ3n) is 4.98. The first kappa shape index (κ1) is 16.8. The van der Waals surface area contributed by atoms with Crippen LogP contribution in [0, 0.1) is 0 Å². The van der Waals surface area contributed by atoms with E-state index in [0.29, 0.717) is 24.5 Å². The first-order valence-electron chi connectivity index (χ1n) is 9.00. The van der Waals surface area contributed by atoms with Gasteiger partial charge in [-0.3, -0.25) is 9.69 Å². The molecule has 0 aromatic rings. The maximum absolute atomic E-state index is 11.8. The SMILES string of the molecule is CCCNC(=O)CCN1C2CCCC1CC(NCCC)C2. The lowest BCUT2D eigenvalue weighted by molar-refractivity contribution is -0.122. The van der Waals surface area contributed by atoms with E-state index < -0.39 is 0 Å². The predicted molar refractivity (Wildman–Crippen MR) is 87.4 cm³/mol. The minimum Gasteiger partial charge on any atom is -0.356 e. The Morgan fingerprint density at radius 3 is 2.38 bits per heavy atom. The highest BCUT2D eigenvalue weighted by molar-refractivity contribution is 5.76. The van der Waals surface area contributed by atoms with Gasteiger partial charge in [0.15, 0.2) is 0 Å². The molecule has 4 heteroatoms. The summed E-state index contributed by atoms with van der Waals surface area (Å²) in [4.78, 5) is 14.5. The number of amides is 1. The Bertz CT molecular complexity index is 307. The number of piperidine rings is 2. The van der Waals surface area contributed by atoms with Crippen LogP contribution in [0.3, 0.4) is 0 Å². The molecule has 2 aliphatic rings. The van der Waals surface area contributed by atoms with Gasteiger partial charge in [-0.25, -0.2) is 0 Å². The van der Waals surface area contributed by atoms with Crippen molar-refractivity contribution < 1.29 is 4.79 Å². The average Bonchev–Trinajstić information content (AvgIpc) is 2.48. The summed E-state index contributed by atoms with van der Waals surface area (Å²) in [6, 6.07) is 2.10. The number of nitrogens with zero attached hydrogens (tertiary/aromatic N) is 1. The van der Waals surface area contributed by atoms with Crippen molar-refractivity contribution in [2.75, 3.05) is 19.6 Å². The highest BCUT2D eigenvalue weighted by Gasteiger charge is 2.37. The summed E-state index contributed by atoms with van der Waals surface area (Å²) < 4.78 is 0. The molecule has 0 aliphatic carbocycles. The molecule has 4 nitrogen and oxygen atoms in total. The molecule has 2 aliphatic heterocycles. The third-order valence-corrected chi connectivity index (χ3v) is 4.98. The number of nitrogens with one attached hydrogen (secondary N) is 2. The lowest BCUT2D eigenvalue weighted by Gasteiger charge is -2.49. The van der Waals surface area contributed by atoms with Gasteiger partial charge < -0.3 is 10.6 Å². The van der Waals surface area contributed by atoms with Crippen molar-refractivity contribution >= 4 is 5.91 Å². The third kappa shape index (κ3) is 4.96. The minimum atomic E-state index is 0.223. The van der Waals surface area contributed by atoms with Crippen molar-refractivity contribution in [3.05, 3.63) is 0 Å². The number of fused-ring (bicyclic) bond motifs is 2. The second-order valence-corrected chi connectivity index (χ2v) is 6.70. The van der Waals surface area contributed by atoms with Gasteiger partial charge >= 0.3 is 0 Å². The summed E-state index contributed by atoms with van der Waals surface area (Å²) in [5.74, 6) is 0.223. The van der Waals surface area contributed by atoms with E-state index >= 15 is 0 Å². The largest absolute Gasteiger partial charge is 0.356 e. The summed E-state index contributed by atoms with van der Waals surface area (Å²) >= 11 is 0. The average molecular weight is 295 g/mol. The van der Waals surface area contributed by atoms with Crippen LogP contribution in [0.15, 0.2) is 0 Å². The van der Waals surface area contributed by atoms with Gasteiger partial charge in [0.2, 0.25) is 5.91 Å². The van der Waals surface area contributed by atoms with Crippen molar-refractivity contribution in [1.82, 2.24) is 15.5 Å². The van der Waals surface area contributed by atoms with Gasteiger partial charge in [-0.15, -0.1) is 0 Å². The zero-order valence-corrected chi connectivity index (χ0v) is 13.9. The number of hydrogen-bond acceptors (Lipinski definition) is 3. The Labute approximate surface area is 130 Å². The first-order chi connectivity index (χ1) is 10.2. The van der Waals surface area contributed by atoms with Crippen molar-refractivity contribution in [2.24, 2.45) is 0 Å². The van der Waals surface area contributed by atoms with Gasteiger partial charge in [0.25, 0.3) is 0 Å². The Kier molecular flexibility index (Phi) is 6.97. The van der Waals surface area contributed by atoms with E-state index in [2.05, 4.69) is 29.4 Å². The van der Waals surface area contributed by atoms with Crippen LogP contribution in [0.2, 0.25) is 0 Å². The Hall–Kier alpha value is -0.610. The summed E-state index contributed by atoms with van der Waals surface area (Å²) in [5, 5.41) is 6.70. The van der Waals surface area contributed by atoms with Crippen LogP contribution in [-0.4, -0.2) is 48.6 Å². The van der Waals surface area contributed by atoms with Gasteiger partial charge in [-0.05, 0) is 45.1 Å². The molecule has 0 aromatic carbocycles. The molecule has 0 spiro atoms. The van der Waals surface area contributed by atoms with Crippen LogP contribution in [0.4, 0.5) is 0 Å². The van der Waals surface area contributed by atoms with Crippen LogP contribution < -0.4 is 10.6 Å². The minimum absolute atomic E-state index is 0.223. The van der Waals surface area contributed by atoms with Gasteiger partial charge in [0.05, 0.1) is 0 Å². The van der Waals surface area contributed by atoms with Gasteiger partial charge in [-0.1, -0.05) is 20.3 Å². The quantitative estimate of drug-likeness (QED) is 0.722. The number of carbonyl (C=O) groups excluding carboxylic acids is 1. The highest BCUT2D eigenvalue weighted by atomic mass is 16.1. The zero-order valence-electron chi connectivity index (χ0n) is 13.9. The molecule has 0 radical (unpaired) electrons. The lowest BCUT2D eigenvalue weighted by atomic mass is 9.81. The number of hydrogen-bond donors (Lipinski definition) is 2. The molecule has 2 rings (SSSR count). The summed E-state index contributed by atoms with van der Waals surface area (Å²) in [6.07, 6.45) is 9.45. The normalized spacial score (nSPS) is 29.3. The van der Waals surface area contributed by atoms with Crippen molar-refractivity contribution in [2.45, 2.75) is 83.3 Å². The molecule has 122 valence electrons. The number of carbonyl (C=O) groups is 1. The number of rotatable bonds is 8. The molecule has 2 bridgehead atoms. The lowest BCUT2D eigenvalue weighted by Crippen LogP contribution is -2.56. The van der Waals surface area contributed by atoms with Crippen LogP contribution in [0.1, 0.15) is 65.2 Å². The van der Waals surface area contributed by atoms with E-state index in [1.807, 2.05) is 0 Å². The molecular formula is C17H33N3O. The first-order valence-corrected chi connectivity index (χ1v) is 9.00. The van der Waals surface area contributed by atoms with Crippen LogP contribution in [-0.2, 0) is 4.79 Å². The van der Waals surface area contributed by atoms with Gasteiger partial charge in [0.1, 0.15) is 0 Å². The summed E-state index contributed by atoms with van der Waals surface area (Å²) in [7, 11) is 0. The van der Waals surface area contributed by atoms with Crippen molar-refractivity contribution in [3.63, 3.8) is 0 Å². The predicted octanol–water partition coefficient (Wildman–Crippen LogP) is 2.29. The molecule has 2 unspecified atom stereocenters. The smallest absolute Gasteiger partial charge is 0.221 e. The second-order valence-electron chi connectivity index (χ2n) is 6.70. The Morgan fingerprint density at radius 2 is 1.76 bits per heavy atom. The van der Waals surface area contributed by atoms with Gasteiger partial charge in [-0.2, -0.15) is 0 Å². The van der Waals surface area contributed by atoms with Gasteiger partial charge in [0, 0.05) is 37.6 Å². The monoisotopic (exact) mass is 295 g/mol. The van der Waals surface area contributed by atoms with E-state index in [9.17, 15) is 4.79 Å². The van der Waals surface area contributed by atoms with Crippen molar-refractivity contribution in [3.8, 4) is 0 Å². The van der Waals surface area contributed by atoms with Crippen LogP contribution >= 0.6 is 0 Å². The molecule has 0 aromatic heterocycles. The Balaban J connectivity index is 1.79. The van der Waals surface area contributed by atoms with E-state index in [1.54, 1.807) is 0 Å². The molecule has 2 fully saturated rings. The van der Waals surface area contributed by atoms with Crippen LogP contribution in [0.25, 0.3) is 0 Å². The molecule has 2 saturated heterocycles. The molecule has 21 heavy (non-hydrogen) atoms. The fraction of sp³-hybridized carbons (Fsp3) is 0.941. The molecule has 2 atom stereocenters. The van der Waals surface area contributed by atoms with E-state index in [1.165, 1.54) is 38.5 Å². The van der Waals surface area contributed by atoms with Crippen LogP contribution in [0.5, 0.6) is 0 Å². The van der Waals surface area contributed by atoms with E-state index in [0.717, 1.165) is 26.1 Å². The molecule has 2 heterocycles. The Morgan fingerprint density at radius 1 is 1.10 bits per heavy atom. The summed E-state index contributed by atoms with van der Waals surface area (Å²) in [6.45, 7) is 7.24. The summed E-state index contributed by atoms with van der Waals surface area (Å²) in [5.41, 5.74) is 0. The fourth-order valence-electron chi connectivity index (χ4n) is 3.94. The fourth-order valence-corrected chi connectivity index (χ4v) is 3.94. The van der Waals surface area contributed by atoms with Crippen molar-refractivity contribution in [1.29, 1.82) is 0 Å². The van der Waals surface area contributed by atoms with E-state index in [-0.39, 0.29) is 5.91 Å². The highest BCUT2D eigenvalue weighted by Crippen LogP contribution is 2.34. The molecular weight excluding hydrogens is 262 g/mol. The zero-order chi connectivity index (χ0) is 15.1. The maximum atomic E-state index is 11.8.